The van der Waals surface area contributed by atoms with Crippen LogP contribution in [0.4, 0.5) is 0 Å². The number of hydrogen-bond acceptors (Lipinski definition) is 5. The van der Waals surface area contributed by atoms with Crippen LogP contribution in [-0.2, 0) is 4.79 Å². The summed E-state index contributed by atoms with van der Waals surface area (Å²) in [5, 5.41) is 41.8. The number of ketones is 1. The van der Waals surface area contributed by atoms with Crippen molar-refractivity contribution in [3.05, 3.63) is 11.6 Å². The van der Waals surface area contributed by atoms with Crippen LogP contribution in [0, 0.1) is 28.6 Å². The molecule has 4 aliphatic rings. The average Bonchev–Trinajstić information content (AvgIpc) is 2.86. The van der Waals surface area contributed by atoms with Crippen LogP contribution in [0.5, 0.6) is 0 Å². The van der Waals surface area contributed by atoms with Gasteiger partial charge in [-0.1, -0.05) is 25.5 Å². The molecule has 146 valence electrons. The van der Waals surface area contributed by atoms with Gasteiger partial charge in [-0.05, 0) is 68.1 Å². The molecule has 0 aromatic carbocycles. The summed E-state index contributed by atoms with van der Waals surface area (Å²) >= 11 is 0. The van der Waals surface area contributed by atoms with Crippen molar-refractivity contribution in [2.24, 2.45) is 28.6 Å². The Morgan fingerprint density at radius 1 is 1.23 bits per heavy atom. The van der Waals surface area contributed by atoms with Crippen LogP contribution >= 0.6 is 0 Å². The van der Waals surface area contributed by atoms with E-state index in [0.29, 0.717) is 19.3 Å². The third-order valence-electron chi connectivity index (χ3n) is 8.77. The fourth-order valence-corrected chi connectivity index (χ4v) is 7.37. The van der Waals surface area contributed by atoms with E-state index in [9.17, 15) is 25.2 Å². The van der Waals surface area contributed by atoms with Crippen LogP contribution in [0.25, 0.3) is 0 Å². The highest BCUT2D eigenvalue weighted by Crippen LogP contribution is 2.67. The van der Waals surface area contributed by atoms with Crippen molar-refractivity contribution in [3.8, 4) is 0 Å². The molecule has 3 saturated carbocycles. The topological polar surface area (TPSA) is 98.0 Å². The minimum Gasteiger partial charge on any atom is -0.393 e. The van der Waals surface area contributed by atoms with Crippen LogP contribution in [0.1, 0.15) is 58.8 Å². The molecule has 4 rings (SSSR count). The minimum atomic E-state index is -1.54. The number of allylic oxidation sites excluding steroid dienone is 1. The lowest BCUT2D eigenvalue weighted by molar-refractivity contribution is -0.180. The van der Waals surface area contributed by atoms with E-state index in [1.54, 1.807) is 0 Å². The molecule has 0 aromatic heterocycles. The van der Waals surface area contributed by atoms with Crippen molar-refractivity contribution < 1.29 is 25.2 Å². The van der Waals surface area contributed by atoms with Gasteiger partial charge in [0, 0.05) is 5.41 Å². The molecule has 0 radical (unpaired) electrons. The maximum absolute atomic E-state index is 12.4. The van der Waals surface area contributed by atoms with Gasteiger partial charge in [0.2, 0.25) is 0 Å². The molecule has 1 unspecified atom stereocenters. The van der Waals surface area contributed by atoms with Gasteiger partial charge in [-0.3, -0.25) is 4.79 Å². The van der Waals surface area contributed by atoms with Crippen molar-refractivity contribution in [3.63, 3.8) is 0 Å². The zero-order valence-electron chi connectivity index (χ0n) is 15.8. The summed E-state index contributed by atoms with van der Waals surface area (Å²) in [6.07, 6.45) is 6.09. The van der Waals surface area contributed by atoms with E-state index >= 15 is 0 Å². The lowest BCUT2D eigenvalue weighted by Gasteiger charge is -2.60. The van der Waals surface area contributed by atoms with Crippen LogP contribution in [-0.4, -0.2) is 50.6 Å². The SMILES string of the molecule is C[C@]12CCC(O)CC1=CC[C@@H]1[C@@H]2[C@@H](O)C[C@@]2(C)[C@H]1CC[C@]2(O)C(=O)CO. The van der Waals surface area contributed by atoms with Gasteiger partial charge in [0.25, 0.3) is 0 Å². The van der Waals surface area contributed by atoms with Gasteiger partial charge in [-0.2, -0.15) is 0 Å². The Morgan fingerprint density at radius 2 is 1.96 bits per heavy atom. The third-order valence-corrected chi connectivity index (χ3v) is 8.77. The van der Waals surface area contributed by atoms with E-state index in [4.69, 9.17) is 0 Å². The van der Waals surface area contributed by atoms with Gasteiger partial charge in [-0.15, -0.1) is 0 Å². The fraction of sp³-hybridized carbons (Fsp3) is 0.857. The number of aliphatic hydroxyl groups excluding tert-OH is 3. The second-order valence-electron chi connectivity index (χ2n) is 9.74. The highest BCUT2D eigenvalue weighted by molar-refractivity contribution is 5.89. The molecule has 0 aromatic rings. The normalized spacial score (nSPS) is 53.3. The van der Waals surface area contributed by atoms with E-state index in [1.165, 1.54) is 5.57 Å². The quantitative estimate of drug-likeness (QED) is 0.558. The summed E-state index contributed by atoms with van der Waals surface area (Å²) in [5.74, 6) is -0.00187. The maximum atomic E-state index is 12.4. The van der Waals surface area contributed by atoms with Gasteiger partial charge in [0.15, 0.2) is 5.78 Å². The second-order valence-corrected chi connectivity index (χ2v) is 9.74. The predicted octanol–water partition coefficient (Wildman–Crippen LogP) is 1.57. The van der Waals surface area contributed by atoms with Crippen molar-refractivity contribution in [1.29, 1.82) is 0 Å². The van der Waals surface area contributed by atoms with Gasteiger partial charge >= 0.3 is 0 Å². The smallest absolute Gasteiger partial charge is 0.190 e. The molecule has 8 atom stereocenters. The van der Waals surface area contributed by atoms with Crippen LogP contribution in [0.3, 0.4) is 0 Å². The number of Topliss-reactive ketones (excluding diaryl/α,β-unsaturated/α-hetero) is 1. The highest BCUT2D eigenvalue weighted by Gasteiger charge is 2.67. The van der Waals surface area contributed by atoms with Gasteiger partial charge in [-0.25, -0.2) is 0 Å². The van der Waals surface area contributed by atoms with Crippen LogP contribution in [0.15, 0.2) is 11.6 Å². The van der Waals surface area contributed by atoms with E-state index in [1.807, 2.05) is 6.92 Å². The molecule has 5 nitrogen and oxygen atoms in total. The summed E-state index contributed by atoms with van der Waals surface area (Å²) in [5.41, 5.74) is -1.06. The standard InChI is InChI=1S/C21H32O5/c1-19-7-5-13(23)9-12(19)3-4-14-15-6-8-21(26,17(25)11-22)20(15,2)10-16(24)18(14)19/h3,13-16,18,22-24,26H,4-11H2,1-2H3/t13?,14-,15-,16-,18+,19-,20-,21-/m0/s1. The highest BCUT2D eigenvalue weighted by atomic mass is 16.3. The summed E-state index contributed by atoms with van der Waals surface area (Å²) in [6, 6.07) is 0. The molecule has 4 aliphatic carbocycles. The average molecular weight is 364 g/mol. The fourth-order valence-electron chi connectivity index (χ4n) is 7.37. The molecular formula is C21H32O5. The molecule has 0 bridgehead atoms. The van der Waals surface area contributed by atoms with E-state index < -0.39 is 29.5 Å². The first-order chi connectivity index (χ1) is 12.2. The predicted molar refractivity (Wildman–Crippen MR) is 96.1 cm³/mol. The van der Waals surface area contributed by atoms with Gasteiger partial charge in [0.1, 0.15) is 12.2 Å². The largest absolute Gasteiger partial charge is 0.393 e. The number of aliphatic hydroxyl groups is 4. The first-order valence-electron chi connectivity index (χ1n) is 10.1. The Kier molecular flexibility index (Phi) is 4.20. The molecule has 5 heteroatoms. The third kappa shape index (κ3) is 2.20. The van der Waals surface area contributed by atoms with Crippen molar-refractivity contribution in [2.45, 2.75) is 76.6 Å². The number of carbonyl (C=O) groups excluding carboxylic acids is 1. The monoisotopic (exact) mass is 364 g/mol. The Morgan fingerprint density at radius 3 is 2.65 bits per heavy atom. The summed E-state index contributed by atoms with van der Waals surface area (Å²) in [7, 11) is 0. The maximum Gasteiger partial charge on any atom is 0.190 e. The van der Waals surface area contributed by atoms with E-state index in [2.05, 4.69) is 13.0 Å². The molecule has 0 aliphatic heterocycles. The van der Waals surface area contributed by atoms with Crippen molar-refractivity contribution in [1.82, 2.24) is 0 Å². The van der Waals surface area contributed by atoms with E-state index in [0.717, 1.165) is 25.7 Å². The Labute approximate surface area is 155 Å². The summed E-state index contributed by atoms with van der Waals surface area (Å²) < 4.78 is 0. The van der Waals surface area contributed by atoms with E-state index in [-0.39, 0.29) is 29.3 Å². The zero-order chi connectivity index (χ0) is 18.9. The van der Waals surface area contributed by atoms with Gasteiger partial charge < -0.3 is 20.4 Å². The molecule has 3 fully saturated rings. The Hall–Kier alpha value is -0.750. The van der Waals surface area contributed by atoms with Crippen molar-refractivity contribution in [2.75, 3.05) is 6.61 Å². The molecule has 0 spiro atoms. The van der Waals surface area contributed by atoms with Crippen molar-refractivity contribution >= 4 is 5.78 Å². The first kappa shape index (κ1) is 18.6. The Bertz CT molecular complexity index is 644. The summed E-state index contributed by atoms with van der Waals surface area (Å²) in [6.45, 7) is 3.51. The molecule has 26 heavy (non-hydrogen) atoms. The van der Waals surface area contributed by atoms with Gasteiger partial charge in [0.05, 0.1) is 12.2 Å². The minimum absolute atomic E-state index is 0.107. The lowest BCUT2D eigenvalue weighted by atomic mass is 9.46. The zero-order valence-corrected chi connectivity index (χ0v) is 15.8. The molecular weight excluding hydrogens is 332 g/mol. The van der Waals surface area contributed by atoms with Crippen LogP contribution < -0.4 is 0 Å². The molecule has 4 N–H and O–H groups in total. The number of carbonyl (C=O) groups is 1. The second kappa shape index (κ2) is 5.87. The first-order valence-corrected chi connectivity index (χ1v) is 10.1. The summed E-state index contributed by atoms with van der Waals surface area (Å²) in [4.78, 5) is 12.4. The molecule has 0 amide bonds. The lowest BCUT2D eigenvalue weighted by Crippen LogP contribution is -2.61. The number of rotatable bonds is 2. The van der Waals surface area contributed by atoms with Crippen LogP contribution in [0.2, 0.25) is 0 Å². The number of hydrogen-bond donors (Lipinski definition) is 4. The molecule has 0 saturated heterocycles. The molecule has 0 heterocycles. The Balaban J connectivity index is 1.73. The number of fused-ring (bicyclic) bond motifs is 5.